The van der Waals surface area contributed by atoms with E-state index in [0.717, 1.165) is 18.2 Å². The molecule has 0 aliphatic carbocycles. The van der Waals surface area contributed by atoms with Crippen LogP contribution in [0.5, 0.6) is 0 Å². The van der Waals surface area contributed by atoms with Gasteiger partial charge in [-0.05, 0) is 18.2 Å². The maximum absolute atomic E-state index is 12.5. The number of alkyl halides is 3. The molecule has 0 aliphatic rings. The molecule has 0 saturated heterocycles. The predicted molar refractivity (Wildman–Crippen MR) is 70.9 cm³/mol. The minimum Gasteiger partial charge on any atom is -0.443 e. The van der Waals surface area contributed by atoms with E-state index in [1.165, 1.54) is 0 Å². The zero-order valence-corrected chi connectivity index (χ0v) is 11.7. The third kappa shape index (κ3) is 6.06. The van der Waals surface area contributed by atoms with Gasteiger partial charge in [-0.15, -0.1) is 4.99 Å². The number of hydrogen-bond acceptors (Lipinski definition) is 2. The average Bonchev–Trinajstić information content (AvgIpc) is 2.36. The van der Waals surface area contributed by atoms with Crippen LogP contribution >= 0.6 is 23.4 Å². The summed E-state index contributed by atoms with van der Waals surface area (Å²) < 4.78 is 42.1. The van der Waals surface area contributed by atoms with Crippen molar-refractivity contribution in [1.29, 1.82) is 0 Å². The van der Waals surface area contributed by atoms with Gasteiger partial charge >= 0.3 is 12.3 Å². The highest BCUT2D eigenvalue weighted by Crippen LogP contribution is 2.31. The molecule has 0 radical (unpaired) electrons. The molecule has 1 amide bonds. The van der Waals surface area contributed by atoms with E-state index in [0.29, 0.717) is 0 Å². The van der Waals surface area contributed by atoms with Gasteiger partial charge in [0.15, 0.2) is 0 Å². The highest BCUT2D eigenvalue weighted by atomic mass is 35.5. The topological polar surface area (TPSA) is 108 Å². The van der Waals surface area contributed by atoms with Gasteiger partial charge in [0.1, 0.15) is 6.61 Å². The lowest BCUT2D eigenvalue weighted by atomic mass is 10.1. The minimum absolute atomic E-state index is 0. The summed E-state index contributed by atoms with van der Waals surface area (Å²) in [6.07, 6.45) is -5.64. The molecule has 0 unspecified atom stereocenters. The number of amides is 1. The lowest BCUT2D eigenvalue weighted by molar-refractivity contribution is -0.137. The maximum Gasteiger partial charge on any atom is 0.437 e. The summed E-state index contributed by atoms with van der Waals surface area (Å²) >= 11 is 10.8. The van der Waals surface area contributed by atoms with E-state index in [1.807, 2.05) is 4.84 Å². The number of halogens is 5. The van der Waals surface area contributed by atoms with Crippen LogP contribution in [-0.4, -0.2) is 17.5 Å². The third-order valence-corrected chi connectivity index (χ3v) is 2.60. The van der Waals surface area contributed by atoms with Gasteiger partial charge < -0.3 is 15.9 Å². The molecule has 1 aromatic rings. The summed E-state index contributed by atoms with van der Waals surface area (Å²) in [6.45, 7) is -0.485. The normalized spacial score (nSPS) is 11.6. The Hall–Kier alpha value is -1.71. The molecule has 0 fully saturated rings. The molecule has 21 heavy (non-hydrogen) atoms. The average molecular weight is 348 g/mol. The highest BCUT2D eigenvalue weighted by Gasteiger charge is 2.30. The molecule has 6 nitrogen and oxygen atoms in total. The molecule has 0 spiro atoms. The fourth-order valence-corrected chi connectivity index (χ4v) is 1.37. The molecule has 0 aliphatic heterocycles. The Morgan fingerprint density at radius 1 is 1.43 bits per heavy atom. The summed E-state index contributed by atoms with van der Waals surface area (Å²) in [6, 6.07) is 2.66. The Morgan fingerprint density at radius 2 is 2.05 bits per heavy atom. The van der Waals surface area contributed by atoms with E-state index >= 15 is 0 Å². The summed E-state index contributed by atoms with van der Waals surface area (Å²) in [4.78, 5) is 16.1. The summed E-state index contributed by atoms with van der Waals surface area (Å²) in [5.41, 5.74) is 4.17. The van der Waals surface area contributed by atoms with Crippen molar-refractivity contribution in [2.45, 2.75) is 12.8 Å². The van der Waals surface area contributed by atoms with Crippen molar-refractivity contribution in [1.82, 2.24) is 4.84 Å². The fraction of sp³-hybridized carbons (Fsp3) is 0.200. The number of hydrogen-bond donors (Lipinski definition) is 2. The Balaban J connectivity index is 0.00000400. The summed E-state index contributed by atoms with van der Waals surface area (Å²) in [5, 5.41) is 0.0261. The summed E-state index contributed by atoms with van der Waals surface area (Å²) in [5.74, 6) is -0.410. The van der Waals surface area contributed by atoms with E-state index in [-0.39, 0.29) is 16.1 Å². The number of benzene rings is 1. The molecule has 0 saturated carbocycles. The molecule has 0 atom stereocenters. The second-order valence-corrected chi connectivity index (χ2v) is 4.05. The quantitative estimate of drug-likeness (QED) is 0.485. The van der Waals surface area contributed by atoms with Gasteiger partial charge in [-0.25, -0.2) is 4.79 Å². The summed E-state index contributed by atoms with van der Waals surface area (Å²) in [7, 11) is 0. The Bertz CT molecular complexity index is 538. The van der Waals surface area contributed by atoms with Crippen LogP contribution in [-0.2, 0) is 17.5 Å². The van der Waals surface area contributed by atoms with E-state index in [4.69, 9.17) is 29.1 Å². The second-order valence-electron chi connectivity index (χ2n) is 3.45. The van der Waals surface area contributed by atoms with Crippen LogP contribution in [0, 0.1) is 0 Å². The van der Waals surface area contributed by atoms with Crippen LogP contribution in [0.3, 0.4) is 0 Å². The molecule has 0 heterocycles. The number of rotatable bonds is 2. The SMILES string of the molecule is NC(=NC(=O)OCc1cc(C(F)(F)F)ccc1Cl)NCl.O. The van der Waals surface area contributed by atoms with Crippen LogP contribution in [0.2, 0.25) is 5.02 Å². The van der Waals surface area contributed by atoms with Crippen molar-refractivity contribution in [3.63, 3.8) is 0 Å². The van der Waals surface area contributed by atoms with Gasteiger partial charge in [-0.2, -0.15) is 13.2 Å². The standard InChI is InChI=1S/C10H8Cl2F3N3O2.H2O/c11-7-2-1-6(10(13,14)15)3-5(7)4-20-9(19)17-8(16)18-12;/h1-3H,4H2,(H3,16,17,18,19);1H2. The molecular weight excluding hydrogens is 338 g/mol. The molecular formula is C10H10Cl2F3N3O3. The van der Waals surface area contributed by atoms with E-state index < -0.39 is 30.4 Å². The number of carbonyl (C=O) groups excluding carboxylic acids is 1. The first-order chi connectivity index (χ1) is 9.24. The van der Waals surface area contributed by atoms with Crippen molar-refractivity contribution < 1.29 is 28.2 Å². The smallest absolute Gasteiger partial charge is 0.437 e. The Morgan fingerprint density at radius 3 is 2.57 bits per heavy atom. The molecule has 118 valence electrons. The molecule has 0 bridgehead atoms. The van der Waals surface area contributed by atoms with Crippen LogP contribution in [0.4, 0.5) is 18.0 Å². The lowest BCUT2D eigenvalue weighted by Crippen LogP contribution is -2.25. The Kier molecular flexibility index (Phi) is 7.27. The van der Waals surface area contributed by atoms with E-state index in [2.05, 4.69) is 9.73 Å². The first-order valence-corrected chi connectivity index (χ1v) is 5.73. The molecule has 0 aromatic heterocycles. The zero-order valence-electron chi connectivity index (χ0n) is 10.2. The van der Waals surface area contributed by atoms with Crippen molar-refractivity contribution in [2.75, 3.05) is 0 Å². The van der Waals surface area contributed by atoms with Crippen LogP contribution < -0.4 is 10.6 Å². The number of ether oxygens (including phenoxy) is 1. The van der Waals surface area contributed by atoms with Crippen molar-refractivity contribution >= 4 is 35.4 Å². The monoisotopic (exact) mass is 347 g/mol. The number of guanidine groups is 1. The van der Waals surface area contributed by atoms with E-state index in [1.54, 1.807) is 0 Å². The number of aliphatic imine (C=N–C) groups is 1. The second kappa shape index (κ2) is 7.91. The first-order valence-electron chi connectivity index (χ1n) is 4.97. The number of carbonyl (C=O) groups is 1. The molecule has 1 aromatic carbocycles. The van der Waals surface area contributed by atoms with Gasteiger partial charge in [-0.1, -0.05) is 11.6 Å². The number of nitrogens with zero attached hydrogens (tertiary/aromatic N) is 1. The van der Waals surface area contributed by atoms with Gasteiger partial charge in [0.05, 0.1) is 5.56 Å². The highest BCUT2D eigenvalue weighted by molar-refractivity contribution is 6.31. The van der Waals surface area contributed by atoms with Crippen LogP contribution in [0.25, 0.3) is 0 Å². The van der Waals surface area contributed by atoms with Gasteiger partial charge in [0.2, 0.25) is 5.96 Å². The van der Waals surface area contributed by atoms with Gasteiger partial charge in [-0.3, -0.25) is 4.84 Å². The predicted octanol–water partition coefficient (Wildman–Crippen LogP) is 2.23. The fourth-order valence-electron chi connectivity index (χ4n) is 1.15. The molecule has 1 rings (SSSR count). The van der Waals surface area contributed by atoms with Gasteiger partial charge in [0, 0.05) is 22.4 Å². The van der Waals surface area contributed by atoms with Gasteiger partial charge in [0.25, 0.3) is 0 Å². The lowest BCUT2D eigenvalue weighted by Gasteiger charge is -2.10. The molecule has 5 N–H and O–H groups in total. The maximum atomic E-state index is 12.5. The Labute approximate surface area is 127 Å². The largest absolute Gasteiger partial charge is 0.443 e. The minimum atomic E-state index is -4.52. The van der Waals surface area contributed by atoms with Crippen LogP contribution in [0.1, 0.15) is 11.1 Å². The van der Waals surface area contributed by atoms with Crippen LogP contribution in [0.15, 0.2) is 23.2 Å². The van der Waals surface area contributed by atoms with E-state index in [9.17, 15) is 18.0 Å². The van der Waals surface area contributed by atoms with Crippen molar-refractivity contribution in [2.24, 2.45) is 10.7 Å². The van der Waals surface area contributed by atoms with Crippen molar-refractivity contribution in [3.05, 3.63) is 34.3 Å². The number of nitrogens with two attached hydrogens (primary N) is 1. The number of nitrogens with one attached hydrogen (secondary N) is 1. The van der Waals surface area contributed by atoms with Crippen molar-refractivity contribution in [3.8, 4) is 0 Å². The molecule has 11 heteroatoms. The third-order valence-electron chi connectivity index (χ3n) is 2.03. The first kappa shape index (κ1) is 19.3. The zero-order chi connectivity index (χ0) is 15.3.